The smallest absolute Gasteiger partial charge is 0.276 e. The summed E-state index contributed by atoms with van der Waals surface area (Å²) < 4.78 is 49.8. The minimum Gasteiger partial charge on any atom is -0.756 e. The largest absolute Gasteiger partial charge is 0.756 e. The summed E-state index contributed by atoms with van der Waals surface area (Å²) >= 11 is 0. The average Bonchev–Trinajstić information content (AvgIpc) is 3.39. The molecule has 210 valence electrons. The zero-order valence-corrected chi connectivity index (χ0v) is 20.8. The Morgan fingerprint density at radius 1 is 1.03 bits per heavy atom. The van der Waals surface area contributed by atoms with Gasteiger partial charge >= 0.3 is 0 Å². The average molecular weight is 582 g/mol. The molecule has 38 heavy (non-hydrogen) atoms. The van der Waals surface area contributed by atoms with Crippen LogP contribution in [0.4, 0.5) is 5.82 Å². The second kappa shape index (κ2) is 11.1. The number of phosphoric ester groups is 1. The molecule has 8 N–H and O–H groups in total. The van der Waals surface area contributed by atoms with Gasteiger partial charge in [0.15, 0.2) is 24.0 Å². The number of hydrogen-bond acceptors (Lipinski definition) is 18. The highest BCUT2D eigenvalue weighted by Gasteiger charge is 2.47. The van der Waals surface area contributed by atoms with Crippen LogP contribution >= 0.6 is 15.3 Å². The summed E-state index contributed by atoms with van der Waals surface area (Å²) in [6.45, 7) is -1.72. The van der Waals surface area contributed by atoms with Crippen LogP contribution in [0.3, 0.4) is 0 Å². The van der Waals surface area contributed by atoms with E-state index in [4.69, 9.17) is 32.4 Å². The standard InChI is InChI=1S/C16H24BN5O14P2/c17-37(29,36-38(30,31)35-16-12(28)10(26)8(24)5(1-23)34-16)32-2-6-9(25)11(27)15(33-6)22-4-21-7-13(18)19-3-20-14(7)22/h3-6,8-12,15-16,23-28H,1-2H2,(H,30,31)(H2,18,19,20)/p-1/t5?,6-,8+,9+,10+,11?,12?,15-,16+,37+/m1/s1. The Bertz CT molecular complexity index is 1240. The van der Waals surface area contributed by atoms with Gasteiger partial charge in [-0.05, 0) is 0 Å². The highest BCUT2D eigenvalue weighted by molar-refractivity contribution is 7.83. The van der Waals surface area contributed by atoms with E-state index in [1.54, 1.807) is 0 Å². The molecule has 2 fully saturated rings. The van der Waals surface area contributed by atoms with Gasteiger partial charge in [0.05, 0.1) is 19.5 Å². The number of aliphatic hydroxyl groups is 6. The summed E-state index contributed by atoms with van der Waals surface area (Å²) in [5.74, 6) is 0.0517. The van der Waals surface area contributed by atoms with Gasteiger partial charge in [0.1, 0.15) is 54.6 Å². The van der Waals surface area contributed by atoms with E-state index in [0.29, 0.717) is 0 Å². The quantitative estimate of drug-likeness (QED) is 0.108. The van der Waals surface area contributed by atoms with Crippen LogP contribution < -0.4 is 10.6 Å². The van der Waals surface area contributed by atoms with E-state index in [2.05, 4.69) is 23.8 Å². The van der Waals surface area contributed by atoms with Gasteiger partial charge in [-0.3, -0.25) is 18.2 Å². The van der Waals surface area contributed by atoms with Crippen LogP contribution in [0.25, 0.3) is 11.2 Å². The number of nitrogens with zero attached hydrogens (tertiary/aromatic N) is 4. The first kappa shape index (κ1) is 29.4. The van der Waals surface area contributed by atoms with Gasteiger partial charge in [-0.25, -0.2) is 19.3 Å². The predicted octanol–water partition coefficient (Wildman–Crippen LogP) is -4.38. The van der Waals surface area contributed by atoms with Crippen molar-refractivity contribution in [3.05, 3.63) is 12.7 Å². The van der Waals surface area contributed by atoms with Crippen molar-refractivity contribution in [3.63, 3.8) is 0 Å². The molecule has 11 atom stereocenters. The minimum atomic E-state index is -5.69. The molecule has 2 aliphatic heterocycles. The van der Waals surface area contributed by atoms with Crippen LogP contribution in [0.5, 0.6) is 0 Å². The first-order valence-corrected chi connectivity index (χ1v) is 13.8. The lowest BCUT2D eigenvalue weighted by Gasteiger charge is -2.41. The maximum absolute atomic E-state index is 12.5. The molecule has 0 bridgehead atoms. The lowest BCUT2D eigenvalue weighted by molar-refractivity contribution is -0.301. The number of anilines is 1. The Kier molecular flexibility index (Phi) is 8.59. The monoisotopic (exact) mass is 582 g/mol. The van der Waals surface area contributed by atoms with Gasteiger partial charge in [0, 0.05) is 0 Å². The fourth-order valence-corrected chi connectivity index (χ4v) is 6.04. The topological polar surface area (TPSA) is 294 Å². The Hall–Kier alpha value is -1.61. The van der Waals surface area contributed by atoms with Crippen molar-refractivity contribution in [2.24, 2.45) is 0 Å². The van der Waals surface area contributed by atoms with Crippen molar-refractivity contribution in [3.8, 4) is 0 Å². The second-order valence-corrected chi connectivity index (χ2v) is 11.4. The number of ether oxygens (including phenoxy) is 2. The van der Waals surface area contributed by atoms with E-state index < -0.39 is 83.8 Å². The number of aromatic nitrogens is 4. The Morgan fingerprint density at radius 2 is 1.71 bits per heavy atom. The van der Waals surface area contributed by atoms with Gasteiger partial charge in [0.25, 0.3) is 15.3 Å². The molecule has 0 amide bonds. The maximum atomic E-state index is 12.5. The predicted molar refractivity (Wildman–Crippen MR) is 119 cm³/mol. The fraction of sp³-hybridized carbons (Fsp3) is 0.688. The van der Waals surface area contributed by atoms with Crippen LogP contribution in [0.15, 0.2) is 12.7 Å². The molecular formula is C16H23BN5O14P2-. The summed E-state index contributed by atoms with van der Waals surface area (Å²) in [5, 5.41) is 59.3. The molecule has 0 spiro atoms. The number of nitrogens with two attached hydrogens (primary N) is 1. The molecule has 0 saturated carbocycles. The van der Waals surface area contributed by atoms with E-state index in [1.165, 1.54) is 10.9 Å². The molecular weight excluding hydrogens is 559 g/mol. The van der Waals surface area contributed by atoms with Crippen molar-refractivity contribution in [1.29, 1.82) is 0 Å². The van der Waals surface area contributed by atoms with Crippen molar-refractivity contribution in [2.75, 3.05) is 18.9 Å². The normalized spacial score (nSPS) is 37.2. The molecule has 2 aliphatic rings. The molecule has 2 saturated heterocycles. The Labute approximate surface area is 214 Å². The molecule has 0 aliphatic carbocycles. The zero-order chi connectivity index (χ0) is 28.0. The number of rotatable bonds is 9. The third kappa shape index (κ3) is 5.93. The van der Waals surface area contributed by atoms with Crippen LogP contribution in [-0.4, -0.2) is 120 Å². The van der Waals surface area contributed by atoms with Crippen LogP contribution in [0, 0.1) is 0 Å². The zero-order valence-electron chi connectivity index (χ0n) is 19.1. The first-order chi connectivity index (χ1) is 17.7. The van der Waals surface area contributed by atoms with E-state index >= 15 is 0 Å². The van der Waals surface area contributed by atoms with E-state index in [-0.39, 0.29) is 17.0 Å². The van der Waals surface area contributed by atoms with Crippen LogP contribution in [0.2, 0.25) is 0 Å². The fourth-order valence-electron chi connectivity index (χ4n) is 3.79. The lowest BCUT2D eigenvalue weighted by Crippen LogP contribution is -2.59. The minimum absolute atomic E-state index is 0.0517. The van der Waals surface area contributed by atoms with Gasteiger partial charge < -0.3 is 55.3 Å². The summed E-state index contributed by atoms with van der Waals surface area (Å²) in [6, 6.07) is 0. The first-order valence-electron chi connectivity index (χ1n) is 10.7. The summed E-state index contributed by atoms with van der Waals surface area (Å²) in [6.07, 6.45) is -13.1. The molecule has 19 nitrogen and oxygen atoms in total. The number of hydrogen-bond donors (Lipinski definition) is 7. The number of imidazole rings is 1. The van der Waals surface area contributed by atoms with Crippen LogP contribution in [0.1, 0.15) is 6.23 Å². The molecule has 2 aromatic rings. The summed E-state index contributed by atoms with van der Waals surface area (Å²) in [5.41, 5.74) is 6.09. The second-order valence-electron chi connectivity index (χ2n) is 8.30. The van der Waals surface area contributed by atoms with Crippen LogP contribution in [-0.2, 0) is 32.0 Å². The van der Waals surface area contributed by atoms with Gasteiger partial charge in [-0.2, -0.15) is 0 Å². The molecule has 4 rings (SSSR count). The number of nitrogen functional groups attached to an aromatic ring is 1. The molecule has 4 unspecified atom stereocenters. The van der Waals surface area contributed by atoms with E-state index in [0.717, 1.165) is 6.33 Å². The summed E-state index contributed by atoms with van der Waals surface area (Å²) in [7, 11) is -5.39. The lowest BCUT2D eigenvalue weighted by atomic mass is 10.00. The highest BCUT2D eigenvalue weighted by Crippen LogP contribution is 2.59. The number of aliphatic hydroxyl groups excluding tert-OH is 6. The molecule has 2 radical (unpaired) electrons. The van der Waals surface area contributed by atoms with Gasteiger partial charge in [-0.1, -0.05) is 0 Å². The van der Waals surface area contributed by atoms with Gasteiger partial charge in [-0.15, -0.1) is 0 Å². The van der Waals surface area contributed by atoms with Crippen molar-refractivity contribution < 1.29 is 67.5 Å². The molecule has 2 aromatic heterocycles. The van der Waals surface area contributed by atoms with Crippen molar-refractivity contribution >= 4 is 39.8 Å². The Morgan fingerprint density at radius 3 is 2.39 bits per heavy atom. The number of fused-ring (bicyclic) bond motifs is 1. The molecule has 22 heteroatoms. The van der Waals surface area contributed by atoms with Gasteiger partial charge in [0.2, 0.25) is 7.57 Å². The third-order valence-electron chi connectivity index (χ3n) is 5.71. The highest BCUT2D eigenvalue weighted by atomic mass is 31.3. The van der Waals surface area contributed by atoms with Crippen molar-refractivity contribution in [1.82, 2.24) is 19.5 Å². The summed E-state index contributed by atoms with van der Waals surface area (Å²) in [4.78, 5) is 24.0. The van der Waals surface area contributed by atoms with E-state index in [1.807, 2.05) is 0 Å². The Balaban J connectivity index is 1.38. The number of phosphoric acid groups is 1. The molecule has 0 aromatic carbocycles. The maximum Gasteiger partial charge on any atom is 0.276 e. The van der Waals surface area contributed by atoms with Crippen molar-refractivity contribution in [2.45, 2.75) is 55.2 Å². The SMILES string of the molecule is [B][P@](=O)(OC[C@H]1O[C@@H](n2cnc3c(N)ncnc32)C(O)[C@H]1O)OP(=O)([O-])O[C@@H]1OC(CO)[C@H](O)[C@H](O)C1O. The van der Waals surface area contributed by atoms with E-state index in [9.17, 15) is 39.6 Å². The third-order valence-corrected chi connectivity index (χ3v) is 8.40. The molecule has 4 heterocycles.